The van der Waals surface area contributed by atoms with E-state index in [4.69, 9.17) is 0 Å². The lowest BCUT2D eigenvalue weighted by molar-refractivity contribution is 0.0906. The lowest BCUT2D eigenvalue weighted by Crippen LogP contribution is -2.47. The first kappa shape index (κ1) is 18.4. The number of likely N-dealkylation sites (tertiary alicyclic amines) is 1. The molecule has 138 valence electrons. The molecule has 1 saturated heterocycles. The van der Waals surface area contributed by atoms with Crippen LogP contribution in [0.15, 0.2) is 23.1 Å². The summed E-state index contributed by atoms with van der Waals surface area (Å²) in [6, 6.07) is 6.12. The van der Waals surface area contributed by atoms with Gasteiger partial charge in [0.1, 0.15) is 0 Å². The lowest BCUT2D eigenvalue weighted by Gasteiger charge is -2.36. The highest BCUT2D eigenvalue weighted by molar-refractivity contribution is 7.90. The van der Waals surface area contributed by atoms with Crippen molar-refractivity contribution in [2.45, 2.75) is 62.4 Å². The highest BCUT2D eigenvalue weighted by Gasteiger charge is 2.35. The van der Waals surface area contributed by atoms with E-state index < -0.39 is 9.84 Å². The van der Waals surface area contributed by atoms with E-state index in [0.717, 1.165) is 18.5 Å². The SMILES string of the molecule is CCc1ccc(C(=O)NCC2CCCCN2C2CC2)cc1S(C)(=O)=O. The fraction of sp³-hybridized carbons (Fsp3) is 0.632. The van der Waals surface area contributed by atoms with Gasteiger partial charge in [0.2, 0.25) is 0 Å². The van der Waals surface area contributed by atoms with Crippen LogP contribution in [0.1, 0.15) is 54.9 Å². The van der Waals surface area contributed by atoms with Crippen molar-refractivity contribution in [3.8, 4) is 0 Å². The Labute approximate surface area is 150 Å². The molecule has 1 aromatic carbocycles. The molecule has 5 nitrogen and oxygen atoms in total. The van der Waals surface area contributed by atoms with E-state index in [9.17, 15) is 13.2 Å². The number of hydrogen-bond donors (Lipinski definition) is 1. The second-order valence-corrected chi connectivity index (χ2v) is 9.26. The predicted octanol–water partition coefficient (Wildman–Crippen LogP) is 2.40. The van der Waals surface area contributed by atoms with E-state index in [2.05, 4.69) is 10.2 Å². The zero-order valence-electron chi connectivity index (χ0n) is 15.1. The van der Waals surface area contributed by atoms with Crippen LogP contribution in [0.25, 0.3) is 0 Å². The molecular formula is C19H28N2O3S. The molecule has 2 aliphatic rings. The van der Waals surface area contributed by atoms with E-state index in [1.54, 1.807) is 12.1 Å². The molecule has 1 heterocycles. The van der Waals surface area contributed by atoms with Gasteiger partial charge in [-0.2, -0.15) is 0 Å². The molecule has 0 spiro atoms. The number of sulfone groups is 1. The minimum atomic E-state index is -3.34. The Morgan fingerprint density at radius 3 is 2.64 bits per heavy atom. The summed E-state index contributed by atoms with van der Waals surface area (Å²) in [6.45, 7) is 3.69. The Balaban J connectivity index is 1.68. The molecule has 0 radical (unpaired) electrons. The number of nitrogens with one attached hydrogen (secondary N) is 1. The monoisotopic (exact) mass is 364 g/mol. The van der Waals surface area contributed by atoms with Crippen LogP contribution in [0.4, 0.5) is 0 Å². The zero-order valence-corrected chi connectivity index (χ0v) is 15.9. The Morgan fingerprint density at radius 2 is 2.00 bits per heavy atom. The second-order valence-electron chi connectivity index (χ2n) is 7.28. The van der Waals surface area contributed by atoms with Crippen LogP contribution < -0.4 is 5.32 Å². The summed E-state index contributed by atoms with van der Waals surface area (Å²) in [5, 5.41) is 3.02. The number of hydrogen-bond acceptors (Lipinski definition) is 4. The molecule has 1 aliphatic heterocycles. The van der Waals surface area contributed by atoms with E-state index in [1.807, 2.05) is 6.92 Å². The summed E-state index contributed by atoms with van der Waals surface area (Å²) in [5.74, 6) is -0.186. The highest BCUT2D eigenvalue weighted by Crippen LogP contribution is 2.32. The molecule has 1 unspecified atom stereocenters. The van der Waals surface area contributed by atoms with E-state index in [1.165, 1.54) is 38.0 Å². The third-order valence-electron chi connectivity index (χ3n) is 5.30. The van der Waals surface area contributed by atoms with Crippen molar-refractivity contribution >= 4 is 15.7 Å². The van der Waals surface area contributed by atoms with E-state index >= 15 is 0 Å². The van der Waals surface area contributed by atoms with Crippen molar-refractivity contribution in [1.29, 1.82) is 0 Å². The summed E-state index contributed by atoms with van der Waals surface area (Å²) in [5.41, 5.74) is 1.18. The molecule has 1 aliphatic carbocycles. The van der Waals surface area contributed by atoms with Gasteiger partial charge in [-0.05, 0) is 56.3 Å². The van der Waals surface area contributed by atoms with Crippen LogP contribution in [-0.2, 0) is 16.3 Å². The van der Waals surface area contributed by atoms with Gasteiger partial charge in [-0.25, -0.2) is 8.42 Å². The normalized spacial score (nSPS) is 21.9. The van der Waals surface area contributed by atoms with Crippen molar-refractivity contribution < 1.29 is 13.2 Å². The van der Waals surface area contributed by atoms with Gasteiger partial charge in [0.15, 0.2) is 9.84 Å². The molecule has 1 aromatic rings. The van der Waals surface area contributed by atoms with Crippen molar-refractivity contribution in [3.05, 3.63) is 29.3 Å². The molecule has 3 rings (SSSR count). The highest BCUT2D eigenvalue weighted by atomic mass is 32.2. The van der Waals surface area contributed by atoms with Gasteiger partial charge in [0.25, 0.3) is 5.91 Å². The van der Waals surface area contributed by atoms with Crippen molar-refractivity contribution in [1.82, 2.24) is 10.2 Å². The Kier molecular flexibility index (Phi) is 5.49. The molecule has 2 fully saturated rings. The molecule has 25 heavy (non-hydrogen) atoms. The first-order valence-electron chi connectivity index (χ1n) is 9.27. The molecule has 0 bridgehead atoms. The Bertz CT molecular complexity index is 741. The number of piperidine rings is 1. The summed E-state index contributed by atoms with van der Waals surface area (Å²) < 4.78 is 24.0. The van der Waals surface area contributed by atoms with Gasteiger partial charge < -0.3 is 5.32 Å². The van der Waals surface area contributed by atoms with Crippen LogP contribution in [0.5, 0.6) is 0 Å². The van der Waals surface area contributed by atoms with Crippen molar-refractivity contribution in [3.63, 3.8) is 0 Å². The third-order valence-corrected chi connectivity index (χ3v) is 6.48. The van der Waals surface area contributed by atoms with Gasteiger partial charge in [0, 0.05) is 30.4 Å². The minimum absolute atomic E-state index is 0.186. The standard InChI is InChI=1S/C19H28N2O3S/c1-3-14-7-8-15(12-18(14)25(2,23)24)19(22)20-13-17-6-4-5-11-21(17)16-9-10-16/h7-8,12,16-17H,3-6,9-11,13H2,1-2H3,(H,20,22). The molecule has 1 atom stereocenters. The van der Waals surface area contributed by atoms with Gasteiger partial charge in [-0.3, -0.25) is 9.69 Å². The van der Waals surface area contributed by atoms with Crippen LogP contribution in [0.3, 0.4) is 0 Å². The van der Waals surface area contributed by atoms with Crippen molar-refractivity contribution in [2.24, 2.45) is 0 Å². The van der Waals surface area contributed by atoms with Gasteiger partial charge in [-0.1, -0.05) is 19.4 Å². The largest absolute Gasteiger partial charge is 0.350 e. The molecule has 0 aromatic heterocycles. The first-order valence-corrected chi connectivity index (χ1v) is 11.2. The average molecular weight is 365 g/mol. The smallest absolute Gasteiger partial charge is 0.251 e. The number of amides is 1. The van der Waals surface area contributed by atoms with Crippen molar-refractivity contribution in [2.75, 3.05) is 19.3 Å². The number of rotatable bonds is 6. The number of benzene rings is 1. The first-order chi connectivity index (χ1) is 11.9. The van der Waals surface area contributed by atoms with E-state index in [0.29, 0.717) is 30.6 Å². The maximum Gasteiger partial charge on any atom is 0.251 e. The molecular weight excluding hydrogens is 336 g/mol. The molecule has 6 heteroatoms. The lowest BCUT2D eigenvalue weighted by atomic mass is 10.0. The fourth-order valence-electron chi connectivity index (χ4n) is 3.77. The van der Waals surface area contributed by atoms with Crippen LogP contribution in [0, 0.1) is 0 Å². The summed E-state index contributed by atoms with van der Waals surface area (Å²) in [4.78, 5) is 15.3. The molecule has 1 saturated carbocycles. The van der Waals surface area contributed by atoms with Gasteiger partial charge in [-0.15, -0.1) is 0 Å². The second kappa shape index (κ2) is 7.46. The zero-order chi connectivity index (χ0) is 18.0. The van der Waals surface area contributed by atoms with Crippen LogP contribution in [0.2, 0.25) is 0 Å². The number of carbonyl (C=O) groups excluding carboxylic acids is 1. The number of nitrogens with zero attached hydrogens (tertiary/aromatic N) is 1. The molecule has 1 N–H and O–H groups in total. The Hall–Kier alpha value is -1.40. The summed E-state index contributed by atoms with van der Waals surface area (Å²) in [6.07, 6.45) is 7.97. The Morgan fingerprint density at radius 1 is 1.24 bits per heavy atom. The number of carbonyl (C=O) groups is 1. The fourth-order valence-corrected chi connectivity index (χ4v) is 4.80. The maximum atomic E-state index is 12.5. The molecule has 1 amide bonds. The average Bonchev–Trinajstić information content (AvgIpc) is 3.43. The quantitative estimate of drug-likeness (QED) is 0.842. The van der Waals surface area contributed by atoms with Crippen LogP contribution >= 0.6 is 0 Å². The predicted molar refractivity (Wildman–Crippen MR) is 98.6 cm³/mol. The maximum absolute atomic E-state index is 12.5. The summed E-state index contributed by atoms with van der Waals surface area (Å²) >= 11 is 0. The summed E-state index contributed by atoms with van der Waals surface area (Å²) in [7, 11) is -3.34. The van der Waals surface area contributed by atoms with Gasteiger partial charge >= 0.3 is 0 Å². The topological polar surface area (TPSA) is 66.5 Å². The minimum Gasteiger partial charge on any atom is -0.350 e. The van der Waals surface area contributed by atoms with Crippen LogP contribution in [-0.4, -0.2) is 50.7 Å². The van der Waals surface area contributed by atoms with Gasteiger partial charge in [0.05, 0.1) is 4.90 Å². The number of aryl methyl sites for hydroxylation is 1. The third kappa shape index (κ3) is 4.42. The van der Waals surface area contributed by atoms with E-state index in [-0.39, 0.29) is 10.8 Å².